The highest BCUT2D eigenvalue weighted by atomic mass is 16.4. The first-order valence-electron chi connectivity index (χ1n) is 35.9. The molecule has 546 valence electrons. The van der Waals surface area contributed by atoms with Crippen LogP contribution in [0, 0.1) is 49.3 Å². The molecule has 0 spiro atoms. The van der Waals surface area contributed by atoms with Crippen molar-refractivity contribution in [1.29, 1.82) is 10.8 Å². The molecule has 0 aliphatic carbocycles. The number of carboxylic acid groups (broad SMARTS) is 2. The van der Waals surface area contributed by atoms with Gasteiger partial charge < -0.3 is 67.9 Å². The highest BCUT2D eigenvalue weighted by molar-refractivity contribution is 6.24. The molecule has 0 saturated heterocycles. The van der Waals surface area contributed by atoms with Crippen molar-refractivity contribution in [2.75, 3.05) is 13.1 Å². The number of carboxylic acids is 2. The van der Waals surface area contributed by atoms with Gasteiger partial charge in [-0.25, -0.2) is 9.78 Å². The van der Waals surface area contributed by atoms with Crippen LogP contribution in [0.25, 0.3) is 72.0 Å². The topological polar surface area (TPSA) is 413 Å². The number of Topliss-reactive ketones (excluding diaryl/α,β-unsaturated/α-hetero) is 3. The Balaban J connectivity index is 0.888. The number of rotatable bonds is 33. The van der Waals surface area contributed by atoms with Gasteiger partial charge in [0, 0.05) is 159 Å². The van der Waals surface area contributed by atoms with E-state index in [2.05, 4.69) is 72.7 Å². The Morgan fingerprint density at radius 2 is 1.13 bits per heavy atom. The maximum Gasteiger partial charge on any atom is 0.338 e. The van der Waals surface area contributed by atoms with Crippen LogP contribution in [0.3, 0.4) is 0 Å². The van der Waals surface area contributed by atoms with Crippen molar-refractivity contribution in [1.82, 2.24) is 56.2 Å². The van der Waals surface area contributed by atoms with Gasteiger partial charge in [0.2, 0.25) is 11.8 Å². The number of allylic oxidation sites excluding steroid dienone is 1. The molecule has 17 N–H and O–H groups in total. The number of nitrogens with zero attached hydrogens (tertiary/aromatic N) is 2. The van der Waals surface area contributed by atoms with E-state index >= 15 is 14.4 Å². The van der Waals surface area contributed by atoms with Crippen LogP contribution >= 0.6 is 0 Å². The number of aromatic nitrogens is 7. The number of fused-ring (bicyclic) bond motifs is 11. The number of aliphatic carboxylic acids is 2. The smallest absolute Gasteiger partial charge is 0.338 e. The highest BCUT2D eigenvalue weighted by Gasteiger charge is 2.37. The number of aryl methyl sites for hydroxylation is 3. The summed E-state index contributed by atoms with van der Waals surface area (Å²) in [4.78, 5) is 130. The molecule has 24 heteroatoms. The molecule has 11 rings (SSSR count). The third kappa shape index (κ3) is 16.9. The summed E-state index contributed by atoms with van der Waals surface area (Å²) in [6, 6.07) is 25.9. The summed E-state index contributed by atoms with van der Waals surface area (Å²) in [5.41, 5.74) is 26.3. The van der Waals surface area contributed by atoms with Gasteiger partial charge >= 0.3 is 11.9 Å². The number of nitrogens with one attached hydrogen (secondary N) is 11. The predicted molar refractivity (Wildman–Crippen MR) is 410 cm³/mol. The van der Waals surface area contributed by atoms with Gasteiger partial charge in [0.25, 0.3) is 0 Å². The fraction of sp³-hybridized carbons (Fsp3) is 0.346. The lowest BCUT2D eigenvalue weighted by molar-refractivity contribution is -0.144. The number of nitrogens with two attached hydrogens (primary N) is 2. The van der Waals surface area contributed by atoms with Gasteiger partial charge in [-0.3, -0.25) is 44.6 Å². The van der Waals surface area contributed by atoms with E-state index < -0.39 is 83.9 Å². The highest BCUT2D eigenvalue weighted by Crippen LogP contribution is 2.44. The lowest BCUT2D eigenvalue weighted by Crippen LogP contribution is -2.48. The summed E-state index contributed by atoms with van der Waals surface area (Å²) in [7, 11) is 0. The summed E-state index contributed by atoms with van der Waals surface area (Å²) in [6.45, 7) is 16.2. The van der Waals surface area contributed by atoms with Crippen LogP contribution < -0.4 is 32.7 Å². The van der Waals surface area contributed by atoms with Crippen LogP contribution in [0.2, 0.25) is 0 Å². The lowest BCUT2D eigenvalue weighted by atomic mass is 9.83. The van der Waals surface area contributed by atoms with E-state index in [4.69, 9.17) is 32.3 Å². The minimum absolute atomic E-state index is 0.000385. The molecule has 8 heterocycles. The minimum Gasteiger partial charge on any atom is -0.481 e. The number of hydrogen-bond acceptors (Lipinski definition) is 11. The molecule has 6 aromatic heterocycles. The molecule has 0 saturated carbocycles. The summed E-state index contributed by atoms with van der Waals surface area (Å²) in [6.07, 6.45) is 7.56. The molecule has 2 amide bonds. The van der Waals surface area contributed by atoms with E-state index in [9.17, 15) is 29.4 Å². The predicted octanol–water partition coefficient (Wildman–Crippen LogP) is 11.6. The molecule has 3 aromatic carbocycles. The maximum atomic E-state index is 15.5. The zero-order valence-corrected chi connectivity index (χ0v) is 60.1. The molecule has 2 aliphatic heterocycles. The van der Waals surface area contributed by atoms with Crippen LogP contribution in [-0.2, 0) is 59.2 Å². The zero-order chi connectivity index (χ0) is 74.9. The van der Waals surface area contributed by atoms with E-state index in [1.807, 2.05) is 112 Å². The number of H-pyrrole nitrogens is 5. The Bertz CT molecular complexity index is 5100. The number of hydrogen-bond donors (Lipinski definition) is 15. The summed E-state index contributed by atoms with van der Waals surface area (Å²) >= 11 is 0. The van der Waals surface area contributed by atoms with E-state index in [1.54, 1.807) is 25.5 Å². The fourth-order valence-electron chi connectivity index (χ4n) is 15.2. The molecule has 24 nitrogen and oxygen atoms in total. The van der Waals surface area contributed by atoms with Crippen LogP contribution in [0.15, 0.2) is 116 Å². The second-order valence-electron chi connectivity index (χ2n) is 28.0. The molecule has 105 heavy (non-hydrogen) atoms. The number of carbonyl (C=O) groups excluding carboxylic acids is 5. The number of benzene rings is 3. The summed E-state index contributed by atoms with van der Waals surface area (Å²) in [5.74, 6) is -9.58. The second kappa shape index (κ2) is 32.7. The van der Waals surface area contributed by atoms with Gasteiger partial charge in [0.15, 0.2) is 23.5 Å². The Morgan fingerprint density at radius 3 is 1.70 bits per heavy atom. The first-order valence-corrected chi connectivity index (χ1v) is 35.9. The number of guanidine groups is 2. The van der Waals surface area contributed by atoms with E-state index in [0.717, 1.165) is 82.6 Å². The first-order chi connectivity index (χ1) is 50.4. The Labute approximate surface area is 607 Å². The van der Waals surface area contributed by atoms with Crippen molar-refractivity contribution in [3.05, 3.63) is 183 Å². The molecule has 0 radical (unpaired) electrons. The van der Waals surface area contributed by atoms with Crippen LogP contribution in [-0.4, -0.2) is 123 Å². The molecule has 8 bridgehead atoms. The van der Waals surface area contributed by atoms with Gasteiger partial charge in [0.1, 0.15) is 5.78 Å². The van der Waals surface area contributed by atoms with Crippen molar-refractivity contribution < 1.29 is 43.8 Å². The van der Waals surface area contributed by atoms with Crippen LogP contribution in [0.4, 0.5) is 0 Å². The number of amides is 2. The quantitative estimate of drug-likeness (QED) is 0.0103. The average molecular weight is 1420 g/mol. The average Bonchev–Trinajstić information content (AvgIpc) is 1.61. The van der Waals surface area contributed by atoms with Gasteiger partial charge in [-0.2, -0.15) is 0 Å². The van der Waals surface area contributed by atoms with Crippen molar-refractivity contribution >= 4 is 125 Å². The standard InChI is InChI=1S/C81H93N15O9/c1-8-54-42(3)64-36-66-44(5)56(74(93-66)46(7)75-73(79(104)105)45(6)67(94-75)38-69-55(9-2)43(4)65(92-69)37-68(54)91-64)27-26-53(97)32-47(18-16-28-86-80(82)83)76(100)95-63(25-17-29-87-81(84)85)71(98)34-48(30-50-39-88-60-22-13-10-19-57(50)60)77(101)96-70(33-52-41-90-62-24-15-12-21-59(52)62)72(99)35-49(78(102)103)31-51-40-89-61-23-14-11-20-58(51)61/h8,10-15,19-24,36-41,44,47-49,56,63,70,88-92H,1,9,16-18,25-35H2,2-7H3,(H,95,100)(H,96,101)(H,102,103)(H,104,105)(H4,82,83,86)(H4,84,85,87)/t44-,47+,48+,49+,56-,63-,70-/m0/s1. The van der Waals surface area contributed by atoms with Gasteiger partial charge in [-0.05, 0) is 160 Å². The normalized spacial score (nSPS) is 15.1. The number of ketones is 3. The van der Waals surface area contributed by atoms with Crippen molar-refractivity contribution in [2.45, 2.75) is 149 Å². The fourth-order valence-corrected chi connectivity index (χ4v) is 15.2. The summed E-state index contributed by atoms with van der Waals surface area (Å²) < 4.78 is 0. The third-order valence-corrected chi connectivity index (χ3v) is 21.1. The Hall–Kier alpha value is -11.7. The Kier molecular flexibility index (Phi) is 23.2. The number of aromatic amines is 5. The SMILES string of the molecule is C=Cc1c(C)c2cc3nc(c(C)c4nc(cc5[nH]c(cc1[nH]2)c(C)c5CC)C(C)=C4C(=O)O)[C@@H](CCC(=O)C[C@@H](CCCNC(=N)N)C(=O)N[C@@H](CCCNC(=N)N)C(=O)C[C@@H](Cc1c[nH]c2ccccc12)C(=O)N[C@@H](Cc1c[nH]c2ccccc12)C(=O)C[C@@H](Cc1c[nH]c2ccccc12)C(=O)O)[C@@H]3C. The van der Waals surface area contributed by atoms with Crippen LogP contribution in [0.5, 0.6) is 0 Å². The van der Waals surface area contributed by atoms with Crippen molar-refractivity contribution in [3.63, 3.8) is 0 Å². The number of para-hydroxylation sites is 3. The number of carbonyl (C=O) groups is 7. The maximum absolute atomic E-state index is 15.5. The van der Waals surface area contributed by atoms with E-state index in [0.29, 0.717) is 52.2 Å². The minimum atomic E-state index is -1.26. The largest absolute Gasteiger partial charge is 0.481 e. The molecule has 2 aliphatic rings. The monoisotopic (exact) mass is 1420 g/mol. The van der Waals surface area contributed by atoms with Gasteiger partial charge in [-0.1, -0.05) is 81.1 Å². The summed E-state index contributed by atoms with van der Waals surface area (Å²) in [5, 5.41) is 51.3. The molecule has 0 unspecified atom stereocenters. The van der Waals surface area contributed by atoms with Gasteiger partial charge in [-0.15, -0.1) is 0 Å². The molecular weight excluding hydrogens is 1330 g/mol. The lowest BCUT2D eigenvalue weighted by Gasteiger charge is -2.26. The molecular formula is C81H93N15O9. The van der Waals surface area contributed by atoms with Crippen molar-refractivity contribution in [2.24, 2.45) is 29.2 Å². The van der Waals surface area contributed by atoms with E-state index in [1.165, 1.54) is 0 Å². The van der Waals surface area contributed by atoms with Crippen LogP contribution in [0.1, 0.15) is 158 Å². The Morgan fingerprint density at radius 1 is 0.610 bits per heavy atom. The zero-order valence-electron chi connectivity index (χ0n) is 60.1. The molecule has 9 aromatic rings. The molecule has 0 fully saturated rings. The van der Waals surface area contributed by atoms with Crippen molar-refractivity contribution in [3.8, 4) is 0 Å². The molecule has 7 atom stereocenters. The second-order valence-corrected chi connectivity index (χ2v) is 28.0. The van der Waals surface area contributed by atoms with Gasteiger partial charge in [0.05, 0.1) is 35.0 Å². The third-order valence-electron chi connectivity index (χ3n) is 21.1. The van der Waals surface area contributed by atoms with E-state index in [-0.39, 0.29) is 106 Å². The first kappa shape index (κ1) is 74.5.